The van der Waals surface area contributed by atoms with Crippen LogP contribution in [0, 0.1) is 5.92 Å². The van der Waals surface area contributed by atoms with Crippen molar-refractivity contribution in [1.29, 1.82) is 0 Å². The quantitative estimate of drug-likeness (QED) is 0.727. The molecule has 1 aromatic carbocycles. The molecule has 1 N–H and O–H groups in total. The first-order chi connectivity index (χ1) is 9.31. The van der Waals surface area contributed by atoms with Crippen molar-refractivity contribution in [2.75, 3.05) is 13.2 Å². The fourth-order valence-corrected chi connectivity index (χ4v) is 2.44. The van der Waals surface area contributed by atoms with Gasteiger partial charge in [-0.3, -0.25) is 0 Å². The Morgan fingerprint density at radius 2 is 2.00 bits per heavy atom. The predicted octanol–water partition coefficient (Wildman–Crippen LogP) is 3.93. The lowest BCUT2D eigenvalue weighted by atomic mass is 10.0. The maximum atomic E-state index is 6.04. The third-order valence-electron chi connectivity index (χ3n) is 3.85. The van der Waals surface area contributed by atoms with Gasteiger partial charge in [-0.15, -0.1) is 0 Å². The van der Waals surface area contributed by atoms with Gasteiger partial charge in [0.05, 0.1) is 12.1 Å². The Bertz CT molecular complexity index is 348. The lowest BCUT2D eigenvalue weighted by molar-refractivity contribution is 0.0350. The lowest BCUT2D eigenvalue weighted by Crippen LogP contribution is -2.32. The average Bonchev–Trinajstić information content (AvgIpc) is 3.24. The zero-order valence-corrected chi connectivity index (χ0v) is 12.3. The van der Waals surface area contributed by atoms with Gasteiger partial charge in [0.1, 0.15) is 0 Å². The van der Waals surface area contributed by atoms with E-state index in [9.17, 15) is 0 Å². The van der Waals surface area contributed by atoms with Crippen LogP contribution in [-0.2, 0) is 4.74 Å². The molecule has 1 aliphatic rings. The van der Waals surface area contributed by atoms with E-state index in [1.54, 1.807) is 0 Å². The summed E-state index contributed by atoms with van der Waals surface area (Å²) in [7, 11) is 0. The van der Waals surface area contributed by atoms with Crippen LogP contribution < -0.4 is 5.32 Å². The van der Waals surface area contributed by atoms with E-state index in [2.05, 4.69) is 49.5 Å². The van der Waals surface area contributed by atoms with Gasteiger partial charge in [-0.05, 0) is 37.8 Å². The first-order valence-electron chi connectivity index (χ1n) is 7.71. The molecule has 106 valence electrons. The molecule has 1 saturated carbocycles. The van der Waals surface area contributed by atoms with Crippen molar-refractivity contribution in [3.8, 4) is 0 Å². The number of hydrogen-bond donors (Lipinski definition) is 1. The monoisotopic (exact) mass is 261 g/mol. The summed E-state index contributed by atoms with van der Waals surface area (Å²) < 4.78 is 6.04. The highest BCUT2D eigenvalue weighted by atomic mass is 16.5. The Balaban J connectivity index is 1.87. The summed E-state index contributed by atoms with van der Waals surface area (Å²) in [5.41, 5.74) is 1.33. The Labute approximate surface area is 117 Å². The van der Waals surface area contributed by atoms with Crippen LogP contribution in [-0.4, -0.2) is 19.3 Å². The van der Waals surface area contributed by atoms with Crippen LogP contribution in [0.25, 0.3) is 0 Å². The highest BCUT2D eigenvalue weighted by Crippen LogP contribution is 2.32. The van der Waals surface area contributed by atoms with Gasteiger partial charge in [-0.25, -0.2) is 0 Å². The minimum absolute atomic E-state index is 0.229. The highest BCUT2D eigenvalue weighted by molar-refractivity contribution is 5.19. The smallest absolute Gasteiger partial charge is 0.0741 e. The van der Waals surface area contributed by atoms with Crippen molar-refractivity contribution >= 4 is 0 Å². The molecule has 2 heteroatoms. The van der Waals surface area contributed by atoms with E-state index in [0.29, 0.717) is 6.04 Å². The zero-order chi connectivity index (χ0) is 13.5. The summed E-state index contributed by atoms with van der Waals surface area (Å²) in [6.45, 7) is 6.33. The Morgan fingerprint density at radius 1 is 1.26 bits per heavy atom. The van der Waals surface area contributed by atoms with E-state index < -0.39 is 0 Å². The van der Waals surface area contributed by atoms with E-state index in [4.69, 9.17) is 4.74 Å². The predicted molar refractivity (Wildman–Crippen MR) is 80.2 cm³/mol. The number of ether oxygens (including phenoxy) is 1. The molecule has 0 spiro atoms. The molecular weight excluding hydrogens is 234 g/mol. The summed E-state index contributed by atoms with van der Waals surface area (Å²) in [5.74, 6) is 0.950. The SMILES string of the molecule is CCCNC(c1ccccc1)C(C)OCCC1CC1. The largest absolute Gasteiger partial charge is 0.377 e. The molecule has 0 heterocycles. The second-order valence-corrected chi connectivity index (χ2v) is 5.65. The molecule has 19 heavy (non-hydrogen) atoms. The van der Waals surface area contributed by atoms with Gasteiger partial charge in [0.2, 0.25) is 0 Å². The molecule has 2 atom stereocenters. The Hall–Kier alpha value is -0.860. The lowest BCUT2D eigenvalue weighted by Gasteiger charge is -2.26. The number of nitrogens with one attached hydrogen (secondary N) is 1. The first-order valence-corrected chi connectivity index (χ1v) is 7.71. The van der Waals surface area contributed by atoms with Crippen LogP contribution in [0.15, 0.2) is 30.3 Å². The molecule has 1 aromatic rings. The number of rotatable bonds is 9. The molecule has 0 saturated heterocycles. The maximum Gasteiger partial charge on any atom is 0.0741 e. The number of benzene rings is 1. The van der Waals surface area contributed by atoms with Gasteiger partial charge in [0, 0.05) is 6.61 Å². The van der Waals surface area contributed by atoms with Crippen molar-refractivity contribution in [2.45, 2.75) is 51.7 Å². The summed E-state index contributed by atoms with van der Waals surface area (Å²) in [6, 6.07) is 11.0. The molecule has 0 radical (unpaired) electrons. The molecular formula is C17H27NO. The highest BCUT2D eigenvalue weighted by Gasteiger charge is 2.23. The van der Waals surface area contributed by atoms with Crippen molar-refractivity contribution in [3.05, 3.63) is 35.9 Å². The fourth-order valence-electron chi connectivity index (χ4n) is 2.44. The van der Waals surface area contributed by atoms with Crippen molar-refractivity contribution in [1.82, 2.24) is 5.32 Å². The fraction of sp³-hybridized carbons (Fsp3) is 0.647. The van der Waals surface area contributed by atoms with Crippen LogP contribution in [0.4, 0.5) is 0 Å². The van der Waals surface area contributed by atoms with Gasteiger partial charge in [-0.2, -0.15) is 0 Å². The third-order valence-corrected chi connectivity index (χ3v) is 3.85. The second kappa shape index (κ2) is 7.66. The molecule has 1 fully saturated rings. The summed E-state index contributed by atoms with van der Waals surface area (Å²) in [4.78, 5) is 0. The van der Waals surface area contributed by atoms with E-state index in [0.717, 1.165) is 25.5 Å². The molecule has 0 aliphatic heterocycles. The summed E-state index contributed by atoms with van der Waals surface area (Å²) in [5, 5.41) is 3.61. The van der Waals surface area contributed by atoms with E-state index >= 15 is 0 Å². The third kappa shape index (κ3) is 4.96. The van der Waals surface area contributed by atoms with Crippen molar-refractivity contribution < 1.29 is 4.74 Å². The van der Waals surface area contributed by atoms with Gasteiger partial charge >= 0.3 is 0 Å². The van der Waals surface area contributed by atoms with E-state index in [1.165, 1.54) is 24.8 Å². The Kier molecular flexibility index (Phi) is 5.87. The molecule has 0 amide bonds. The standard InChI is InChI=1S/C17H27NO/c1-3-12-18-17(16-7-5-4-6-8-16)14(2)19-13-11-15-9-10-15/h4-8,14-15,17-18H,3,9-13H2,1-2H3. The normalized spacial score (nSPS) is 18.2. The van der Waals surface area contributed by atoms with E-state index in [-0.39, 0.29) is 6.10 Å². The topological polar surface area (TPSA) is 21.3 Å². The Morgan fingerprint density at radius 3 is 2.63 bits per heavy atom. The molecule has 0 bridgehead atoms. The van der Waals surface area contributed by atoms with Crippen molar-refractivity contribution in [3.63, 3.8) is 0 Å². The zero-order valence-electron chi connectivity index (χ0n) is 12.3. The summed E-state index contributed by atoms with van der Waals surface area (Å²) in [6.07, 6.45) is 5.44. The van der Waals surface area contributed by atoms with Gasteiger partial charge in [0.25, 0.3) is 0 Å². The van der Waals surface area contributed by atoms with Crippen LogP contribution in [0.5, 0.6) is 0 Å². The number of hydrogen-bond acceptors (Lipinski definition) is 2. The summed E-state index contributed by atoms with van der Waals surface area (Å²) >= 11 is 0. The van der Waals surface area contributed by atoms with Crippen molar-refractivity contribution in [2.24, 2.45) is 5.92 Å². The van der Waals surface area contributed by atoms with Crippen LogP contribution >= 0.6 is 0 Å². The van der Waals surface area contributed by atoms with Crippen LogP contribution in [0.1, 0.15) is 51.1 Å². The van der Waals surface area contributed by atoms with E-state index in [1.807, 2.05) is 0 Å². The second-order valence-electron chi connectivity index (χ2n) is 5.65. The van der Waals surface area contributed by atoms with Gasteiger partial charge in [0.15, 0.2) is 0 Å². The molecule has 0 aromatic heterocycles. The molecule has 2 nitrogen and oxygen atoms in total. The average molecular weight is 261 g/mol. The minimum Gasteiger partial charge on any atom is -0.377 e. The molecule has 2 rings (SSSR count). The molecule has 2 unspecified atom stereocenters. The van der Waals surface area contributed by atoms with Gasteiger partial charge in [-0.1, -0.05) is 50.1 Å². The first kappa shape index (κ1) is 14.5. The minimum atomic E-state index is 0.229. The maximum absolute atomic E-state index is 6.04. The van der Waals surface area contributed by atoms with Gasteiger partial charge < -0.3 is 10.1 Å². The molecule has 1 aliphatic carbocycles. The van der Waals surface area contributed by atoms with Crippen LogP contribution in [0.2, 0.25) is 0 Å². The van der Waals surface area contributed by atoms with Crippen LogP contribution in [0.3, 0.4) is 0 Å².